The molecule has 114 valence electrons. The first-order valence-electron chi connectivity index (χ1n) is 7.45. The molecule has 4 heteroatoms. The van der Waals surface area contributed by atoms with Crippen molar-refractivity contribution in [1.29, 1.82) is 0 Å². The number of carbonyl (C=O) groups is 1. The molecule has 0 spiro atoms. The predicted octanol–water partition coefficient (Wildman–Crippen LogP) is 3.01. The molecule has 4 nitrogen and oxygen atoms in total. The van der Waals surface area contributed by atoms with E-state index in [0.29, 0.717) is 12.2 Å². The van der Waals surface area contributed by atoms with Gasteiger partial charge in [0.15, 0.2) is 0 Å². The van der Waals surface area contributed by atoms with Crippen LogP contribution in [0.3, 0.4) is 0 Å². The second-order valence-electron chi connectivity index (χ2n) is 5.64. The summed E-state index contributed by atoms with van der Waals surface area (Å²) in [7, 11) is 3.96. The van der Waals surface area contributed by atoms with E-state index in [-0.39, 0.29) is 11.9 Å². The molecule has 0 fully saturated rings. The number of benzene rings is 2. The van der Waals surface area contributed by atoms with Crippen molar-refractivity contribution in [2.24, 2.45) is 0 Å². The minimum atomic E-state index is -0.0491. The molecule has 1 N–H and O–H groups in total. The normalized spacial score (nSPS) is 16.4. The molecule has 0 bridgehead atoms. The third kappa shape index (κ3) is 2.91. The van der Waals surface area contributed by atoms with Gasteiger partial charge < -0.3 is 15.0 Å². The SMILES string of the molecule is CN(C)c1ccc(C(=O)NC2CCOc3ccccc32)cc1. The quantitative estimate of drug-likeness (QED) is 0.946. The molecule has 1 unspecified atom stereocenters. The first kappa shape index (κ1) is 14.4. The largest absolute Gasteiger partial charge is 0.493 e. The van der Waals surface area contributed by atoms with Crippen LogP contribution in [0.4, 0.5) is 5.69 Å². The van der Waals surface area contributed by atoms with E-state index in [2.05, 4.69) is 5.32 Å². The Kier molecular flexibility index (Phi) is 4.00. The minimum absolute atomic E-state index is 0.00553. The topological polar surface area (TPSA) is 41.6 Å². The van der Waals surface area contributed by atoms with Gasteiger partial charge in [-0.25, -0.2) is 0 Å². The van der Waals surface area contributed by atoms with E-state index in [1.54, 1.807) is 0 Å². The standard InChI is InChI=1S/C18H20N2O2/c1-20(2)14-9-7-13(8-10-14)18(21)19-16-11-12-22-17-6-4-3-5-15(16)17/h3-10,16H,11-12H2,1-2H3,(H,19,21). The minimum Gasteiger partial charge on any atom is -0.493 e. The highest BCUT2D eigenvalue weighted by atomic mass is 16.5. The van der Waals surface area contributed by atoms with Crippen LogP contribution >= 0.6 is 0 Å². The van der Waals surface area contributed by atoms with Gasteiger partial charge in [-0.3, -0.25) is 4.79 Å². The molecule has 1 aliphatic heterocycles. The van der Waals surface area contributed by atoms with Crippen LogP contribution in [0, 0.1) is 0 Å². The number of hydrogen-bond donors (Lipinski definition) is 1. The van der Waals surface area contributed by atoms with E-state index in [9.17, 15) is 4.79 Å². The summed E-state index contributed by atoms with van der Waals surface area (Å²) in [6.45, 7) is 0.627. The number of rotatable bonds is 3. The summed E-state index contributed by atoms with van der Waals surface area (Å²) >= 11 is 0. The molecule has 0 saturated heterocycles. The number of ether oxygens (including phenoxy) is 1. The molecule has 0 aromatic heterocycles. The molecule has 2 aromatic rings. The van der Waals surface area contributed by atoms with E-state index in [4.69, 9.17) is 4.74 Å². The highest BCUT2D eigenvalue weighted by Gasteiger charge is 2.22. The van der Waals surface area contributed by atoms with Gasteiger partial charge in [-0.2, -0.15) is 0 Å². The summed E-state index contributed by atoms with van der Waals surface area (Å²) in [5.41, 5.74) is 2.80. The smallest absolute Gasteiger partial charge is 0.251 e. The molecular weight excluding hydrogens is 276 g/mol. The third-order valence-electron chi connectivity index (χ3n) is 3.91. The molecule has 3 rings (SSSR count). The Morgan fingerprint density at radius 1 is 1.14 bits per heavy atom. The Hall–Kier alpha value is -2.49. The second-order valence-corrected chi connectivity index (χ2v) is 5.64. The molecule has 0 radical (unpaired) electrons. The van der Waals surface area contributed by atoms with Crippen molar-refractivity contribution in [3.05, 3.63) is 59.7 Å². The Morgan fingerprint density at radius 2 is 1.86 bits per heavy atom. The van der Waals surface area contributed by atoms with Gasteiger partial charge in [0.05, 0.1) is 12.6 Å². The number of para-hydroxylation sites is 1. The van der Waals surface area contributed by atoms with Crippen LogP contribution in [0.5, 0.6) is 5.75 Å². The molecule has 1 aliphatic rings. The zero-order valence-corrected chi connectivity index (χ0v) is 12.9. The number of nitrogens with one attached hydrogen (secondary N) is 1. The van der Waals surface area contributed by atoms with Crippen molar-refractivity contribution in [2.75, 3.05) is 25.6 Å². The van der Waals surface area contributed by atoms with Gasteiger partial charge in [0.25, 0.3) is 5.91 Å². The second kappa shape index (κ2) is 6.10. The average molecular weight is 296 g/mol. The molecule has 22 heavy (non-hydrogen) atoms. The number of carbonyl (C=O) groups excluding carboxylic acids is 1. The number of nitrogens with zero attached hydrogens (tertiary/aromatic N) is 1. The Morgan fingerprint density at radius 3 is 2.59 bits per heavy atom. The van der Waals surface area contributed by atoms with E-state index in [1.165, 1.54) is 0 Å². The van der Waals surface area contributed by atoms with Crippen LogP contribution in [0.15, 0.2) is 48.5 Å². The summed E-state index contributed by atoms with van der Waals surface area (Å²) in [6.07, 6.45) is 0.790. The van der Waals surface area contributed by atoms with Gasteiger partial charge in [-0.1, -0.05) is 18.2 Å². The fourth-order valence-electron chi connectivity index (χ4n) is 2.64. The van der Waals surface area contributed by atoms with Gasteiger partial charge in [-0.05, 0) is 30.3 Å². The zero-order valence-electron chi connectivity index (χ0n) is 12.9. The maximum absolute atomic E-state index is 12.4. The first-order valence-corrected chi connectivity index (χ1v) is 7.45. The highest BCUT2D eigenvalue weighted by Crippen LogP contribution is 2.31. The maximum atomic E-state index is 12.4. The van der Waals surface area contributed by atoms with E-state index < -0.39 is 0 Å². The number of hydrogen-bond acceptors (Lipinski definition) is 3. The fraction of sp³-hybridized carbons (Fsp3) is 0.278. The predicted molar refractivity (Wildman–Crippen MR) is 87.5 cm³/mol. The summed E-state index contributed by atoms with van der Waals surface area (Å²) in [6, 6.07) is 15.5. The lowest BCUT2D eigenvalue weighted by atomic mass is 10.00. The van der Waals surface area contributed by atoms with E-state index >= 15 is 0 Å². The molecule has 1 heterocycles. The lowest BCUT2D eigenvalue weighted by Crippen LogP contribution is -2.32. The summed E-state index contributed by atoms with van der Waals surface area (Å²) in [4.78, 5) is 14.4. The summed E-state index contributed by atoms with van der Waals surface area (Å²) < 4.78 is 5.63. The summed E-state index contributed by atoms with van der Waals surface area (Å²) in [5.74, 6) is 0.814. The number of fused-ring (bicyclic) bond motifs is 1. The molecule has 1 amide bonds. The van der Waals surface area contributed by atoms with Gasteiger partial charge in [0.2, 0.25) is 0 Å². The Bertz CT molecular complexity index is 665. The van der Waals surface area contributed by atoms with Crippen LogP contribution in [-0.2, 0) is 0 Å². The Balaban J connectivity index is 1.75. The van der Waals surface area contributed by atoms with Crippen molar-refractivity contribution in [2.45, 2.75) is 12.5 Å². The molecule has 0 saturated carbocycles. The van der Waals surface area contributed by atoms with Crippen LogP contribution in [0.2, 0.25) is 0 Å². The van der Waals surface area contributed by atoms with Crippen LogP contribution in [0.1, 0.15) is 28.4 Å². The molecule has 0 aliphatic carbocycles. The first-order chi connectivity index (χ1) is 10.6. The highest BCUT2D eigenvalue weighted by molar-refractivity contribution is 5.94. The number of amides is 1. The summed E-state index contributed by atoms with van der Waals surface area (Å²) in [5, 5.41) is 3.11. The van der Waals surface area contributed by atoms with E-state index in [1.807, 2.05) is 67.5 Å². The Labute approximate surface area is 130 Å². The lowest BCUT2D eigenvalue weighted by molar-refractivity contribution is 0.0925. The molecule has 1 atom stereocenters. The monoisotopic (exact) mass is 296 g/mol. The van der Waals surface area contributed by atoms with Crippen molar-refractivity contribution in [1.82, 2.24) is 5.32 Å². The van der Waals surface area contributed by atoms with Crippen LogP contribution in [-0.4, -0.2) is 26.6 Å². The molecule has 2 aromatic carbocycles. The zero-order chi connectivity index (χ0) is 15.5. The van der Waals surface area contributed by atoms with Crippen molar-refractivity contribution < 1.29 is 9.53 Å². The van der Waals surface area contributed by atoms with Crippen molar-refractivity contribution in [3.8, 4) is 5.75 Å². The molecular formula is C18H20N2O2. The average Bonchev–Trinajstić information content (AvgIpc) is 2.55. The number of anilines is 1. The van der Waals surface area contributed by atoms with Crippen molar-refractivity contribution >= 4 is 11.6 Å². The van der Waals surface area contributed by atoms with Gasteiger partial charge in [0.1, 0.15) is 5.75 Å². The van der Waals surface area contributed by atoms with Gasteiger partial charge in [-0.15, -0.1) is 0 Å². The van der Waals surface area contributed by atoms with Gasteiger partial charge in [0, 0.05) is 37.3 Å². The van der Waals surface area contributed by atoms with Crippen LogP contribution in [0.25, 0.3) is 0 Å². The van der Waals surface area contributed by atoms with Crippen LogP contribution < -0.4 is 15.0 Å². The lowest BCUT2D eigenvalue weighted by Gasteiger charge is -2.26. The van der Waals surface area contributed by atoms with Gasteiger partial charge >= 0.3 is 0 Å². The fourth-order valence-corrected chi connectivity index (χ4v) is 2.64. The third-order valence-corrected chi connectivity index (χ3v) is 3.91. The maximum Gasteiger partial charge on any atom is 0.251 e. The van der Waals surface area contributed by atoms with E-state index in [0.717, 1.165) is 23.4 Å². The van der Waals surface area contributed by atoms with Crippen molar-refractivity contribution in [3.63, 3.8) is 0 Å².